The lowest BCUT2D eigenvalue weighted by Gasteiger charge is -2.45. The van der Waals surface area contributed by atoms with Gasteiger partial charge < -0.3 is 104 Å². The molecule has 0 aliphatic carbocycles. The number of carbonyl (C=O) groups is 1. The molecule has 3 aliphatic heterocycles. The normalized spacial score (nSPS) is 32.9. The summed E-state index contributed by atoms with van der Waals surface area (Å²) in [6.07, 6.45) is -24.6. The van der Waals surface area contributed by atoms with E-state index in [9.17, 15) is 76.0 Å². The second-order valence-corrected chi connectivity index (χ2v) is 15.4. The fraction of sp³-hybridized carbons (Fsp3) is 0.429. The van der Waals surface area contributed by atoms with Crippen LogP contribution in [0.4, 0.5) is 0 Å². The summed E-state index contributed by atoms with van der Waals surface area (Å²) in [6.45, 7) is -0.272. The Morgan fingerprint density at radius 3 is 2.03 bits per heavy atom. The maximum Gasteiger partial charge on any atom is 0.330 e. The third-order valence-electron chi connectivity index (χ3n) is 10.9. The summed E-state index contributed by atoms with van der Waals surface area (Å²) < 4.78 is 45.5. The van der Waals surface area contributed by atoms with Crippen molar-refractivity contribution in [2.24, 2.45) is 0 Å². The predicted octanol–water partition coefficient (Wildman–Crippen LogP) is -2.24. The number of rotatable bonds is 12. The highest BCUT2D eigenvalue weighted by Crippen LogP contribution is 2.41. The third-order valence-corrected chi connectivity index (χ3v) is 10.9. The van der Waals surface area contributed by atoms with Gasteiger partial charge in [-0.15, -0.1) is 0 Å². The van der Waals surface area contributed by atoms with Gasteiger partial charge in [0.2, 0.25) is 23.8 Å². The molecule has 0 spiro atoms. The van der Waals surface area contributed by atoms with Crippen molar-refractivity contribution in [3.05, 3.63) is 76.5 Å². The van der Waals surface area contributed by atoms with E-state index >= 15 is 0 Å². The molecule has 7 rings (SSSR count). The van der Waals surface area contributed by atoms with Crippen molar-refractivity contribution in [1.29, 1.82) is 0 Å². The Balaban J connectivity index is 1.20. The summed E-state index contributed by atoms with van der Waals surface area (Å²) in [7, 11) is 0. The number of benzene rings is 3. The standard InChI is InChI=1S/C42H46O23/c1-15-28(49)32(53)35(56)40(59-15)60-19-11-22(47)27-23(12-19)61-37(17-5-8-20(45)21(46)10-17)38(31(27)52)64-42-39(34(55)29(50)24(13-43)62-42)65-41-36(57)33(54)30(51)25(63-41)14-58-26(48)9-4-16-2-6-18(44)7-3-16/h2-12,15,24-25,28-30,32-36,39-47,49-51,53-57H,13-14H2,1H3/t15-,24-,25-,28+,29-,30-,32-,33+,34-,35-,36-,39-,40+,41-,42-/m0/s1. The topological polar surface area (TPSA) is 375 Å². The molecule has 4 aromatic rings. The van der Waals surface area contributed by atoms with Crippen LogP contribution in [0.3, 0.4) is 0 Å². The van der Waals surface area contributed by atoms with E-state index in [1.165, 1.54) is 43.3 Å². The van der Waals surface area contributed by atoms with Crippen LogP contribution in [-0.2, 0) is 28.5 Å². The molecule has 23 nitrogen and oxygen atoms in total. The number of aliphatic hydroxyl groups excluding tert-OH is 9. The lowest BCUT2D eigenvalue weighted by molar-refractivity contribution is -0.358. The van der Waals surface area contributed by atoms with Crippen LogP contribution < -0.4 is 14.9 Å². The second kappa shape index (κ2) is 19.4. The molecule has 0 unspecified atom stereocenters. The minimum Gasteiger partial charge on any atom is -0.508 e. The molecule has 3 aliphatic rings. The second-order valence-electron chi connectivity index (χ2n) is 15.4. The summed E-state index contributed by atoms with van der Waals surface area (Å²) in [5.74, 6) is -4.72. The molecule has 15 atom stereocenters. The summed E-state index contributed by atoms with van der Waals surface area (Å²) in [5.41, 5.74) is -1.23. The molecule has 0 saturated carbocycles. The Labute approximate surface area is 365 Å². The van der Waals surface area contributed by atoms with Crippen molar-refractivity contribution in [2.75, 3.05) is 13.2 Å². The Morgan fingerprint density at radius 2 is 1.34 bits per heavy atom. The number of ether oxygens (including phenoxy) is 7. The van der Waals surface area contributed by atoms with Gasteiger partial charge in [0.25, 0.3) is 0 Å². The molecular formula is C42H46O23. The van der Waals surface area contributed by atoms with E-state index in [1.807, 2.05) is 0 Å². The molecular weight excluding hydrogens is 872 g/mol. The fourth-order valence-electron chi connectivity index (χ4n) is 7.23. The first-order valence-electron chi connectivity index (χ1n) is 19.9. The Hall–Kier alpha value is -5.64. The van der Waals surface area contributed by atoms with Crippen LogP contribution >= 0.6 is 0 Å². The number of aliphatic hydroxyl groups is 9. The smallest absolute Gasteiger partial charge is 0.330 e. The summed E-state index contributed by atoms with van der Waals surface area (Å²) in [6, 6.07) is 10.9. The average molecular weight is 919 g/mol. The zero-order chi connectivity index (χ0) is 47.0. The van der Waals surface area contributed by atoms with E-state index < -0.39 is 156 Å². The van der Waals surface area contributed by atoms with E-state index in [0.717, 1.165) is 30.3 Å². The Kier molecular flexibility index (Phi) is 14.2. The number of hydrogen-bond acceptors (Lipinski definition) is 23. The zero-order valence-electron chi connectivity index (χ0n) is 33.8. The molecule has 23 heteroatoms. The molecule has 1 aromatic heterocycles. The molecule has 0 bridgehead atoms. The number of phenols is 4. The molecule has 352 valence electrons. The summed E-state index contributed by atoms with van der Waals surface area (Å²) >= 11 is 0. The number of aromatic hydroxyl groups is 4. The van der Waals surface area contributed by atoms with E-state index in [1.54, 1.807) is 0 Å². The monoisotopic (exact) mass is 918 g/mol. The molecule has 4 heterocycles. The van der Waals surface area contributed by atoms with Crippen molar-refractivity contribution < 1.29 is 109 Å². The molecule has 3 fully saturated rings. The number of hydrogen-bond donors (Lipinski definition) is 13. The highest BCUT2D eigenvalue weighted by molar-refractivity contribution is 5.89. The quantitative estimate of drug-likeness (QED) is 0.0406. The summed E-state index contributed by atoms with van der Waals surface area (Å²) in [5, 5.41) is 136. The largest absolute Gasteiger partial charge is 0.508 e. The average Bonchev–Trinajstić information content (AvgIpc) is 3.28. The Bertz CT molecular complexity index is 2400. The number of phenolic OH excluding ortho intramolecular Hbond substituents is 4. The lowest BCUT2D eigenvalue weighted by Crippen LogP contribution is -2.65. The van der Waals surface area contributed by atoms with E-state index in [-0.39, 0.29) is 17.1 Å². The molecule has 13 N–H and O–H groups in total. The number of fused-ring (bicyclic) bond motifs is 1. The van der Waals surface area contributed by atoms with Crippen LogP contribution in [0.15, 0.2) is 69.9 Å². The van der Waals surface area contributed by atoms with Gasteiger partial charge in [-0.05, 0) is 48.9 Å². The van der Waals surface area contributed by atoms with Crippen LogP contribution in [0.2, 0.25) is 0 Å². The van der Waals surface area contributed by atoms with Gasteiger partial charge in [0.15, 0.2) is 29.7 Å². The minimum atomic E-state index is -2.10. The van der Waals surface area contributed by atoms with Gasteiger partial charge in [-0.2, -0.15) is 0 Å². The SMILES string of the molecule is C[C@@H]1O[C@H](Oc2cc(O)c3c(=O)c(O[C@@H]4O[C@@H](CO)[C@H](O)[C@H](O)[C@@H]4O[C@@H]4O[C@@H](COC(=O)C=Cc5ccc(O)cc5)[C@H](O)[C@@H](O)[C@@H]4O)c(-c4ccc(O)c(O)c4)oc3c2)[C@@H](O)[C@@H](O)[C@@H]1O. The highest BCUT2D eigenvalue weighted by atomic mass is 16.8. The van der Waals surface area contributed by atoms with Gasteiger partial charge in [0.1, 0.15) is 95.9 Å². The van der Waals surface area contributed by atoms with Gasteiger partial charge >= 0.3 is 5.97 Å². The molecule has 3 aromatic carbocycles. The van der Waals surface area contributed by atoms with E-state index in [0.29, 0.717) is 5.56 Å². The summed E-state index contributed by atoms with van der Waals surface area (Å²) in [4.78, 5) is 26.9. The lowest BCUT2D eigenvalue weighted by atomic mass is 9.97. The van der Waals surface area contributed by atoms with Crippen LogP contribution in [-0.4, -0.2) is 178 Å². The van der Waals surface area contributed by atoms with Crippen molar-refractivity contribution in [3.63, 3.8) is 0 Å². The third kappa shape index (κ3) is 9.83. The van der Waals surface area contributed by atoms with Gasteiger partial charge in [-0.1, -0.05) is 12.1 Å². The maximum atomic E-state index is 14.4. The van der Waals surface area contributed by atoms with Crippen molar-refractivity contribution in [2.45, 2.75) is 99.0 Å². The van der Waals surface area contributed by atoms with E-state index in [4.69, 9.17) is 37.6 Å². The first kappa shape index (κ1) is 47.3. The predicted molar refractivity (Wildman–Crippen MR) is 214 cm³/mol. The van der Waals surface area contributed by atoms with Crippen LogP contribution in [0.5, 0.6) is 34.5 Å². The van der Waals surface area contributed by atoms with Gasteiger partial charge in [0, 0.05) is 23.8 Å². The van der Waals surface area contributed by atoms with E-state index in [2.05, 4.69) is 0 Å². The number of carbonyl (C=O) groups excluding carboxylic acids is 1. The number of esters is 1. The minimum absolute atomic E-state index is 0.00463. The van der Waals surface area contributed by atoms with Crippen molar-refractivity contribution in [3.8, 4) is 45.8 Å². The van der Waals surface area contributed by atoms with Crippen molar-refractivity contribution in [1.82, 2.24) is 0 Å². The molecule has 0 radical (unpaired) electrons. The fourth-order valence-corrected chi connectivity index (χ4v) is 7.23. The molecule has 3 saturated heterocycles. The first-order chi connectivity index (χ1) is 30.9. The molecule has 0 amide bonds. The van der Waals surface area contributed by atoms with Gasteiger partial charge in [0.05, 0.1) is 12.7 Å². The highest BCUT2D eigenvalue weighted by Gasteiger charge is 2.52. The zero-order valence-corrected chi connectivity index (χ0v) is 33.8. The molecule has 65 heavy (non-hydrogen) atoms. The van der Waals surface area contributed by atoms with Crippen LogP contribution in [0, 0.1) is 0 Å². The Morgan fingerprint density at radius 1 is 0.677 bits per heavy atom. The maximum absolute atomic E-state index is 14.4. The van der Waals surface area contributed by atoms with Crippen LogP contribution in [0.1, 0.15) is 12.5 Å². The first-order valence-corrected chi connectivity index (χ1v) is 19.9. The van der Waals surface area contributed by atoms with Crippen LogP contribution in [0.25, 0.3) is 28.4 Å². The van der Waals surface area contributed by atoms with Gasteiger partial charge in [-0.25, -0.2) is 4.79 Å². The van der Waals surface area contributed by atoms with Crippen molar-refractivity contribution >= 4 is 23.0 Å². The van der Waals surface area contributed by atoms with Gasteiger partial charge in [-0.3, -0.25) is 4.79 Å².